The Labute approximate surface area is 63.1 Å². The molecule has 1 aliphatic carbocycles. The van der Waals surface area contributed by atoms with Crippen LogP contribution in [0, 0.1) is 5.92 Å². The average molecular weight is 147 g/mol. The molecule has 0 spiro atoms. The zero-order valence-electron chi connectivity index (χ0n) is 5.65. The standard InChI is InChI=1S/C8H5NO2/c10-7-5-3-1-2-4-6(5)9-8(7)11/h1-5H. The van der Waals surface area contributed by atoms with E-state index in [0.29, 0.717) is 5.71 Å². The molecule has 0 aromatic carbocycles. The van der Waals surface area contributed by atoms with Crippen molar-refractivity contribution in [3.8, 4) is 0 Å². The van der Waals surface area contributed by atoms with Gasteiger partial charge >= 0.3 is 5.91 Å². The van der Waals surface area contributed by atoms with E-state index in [0.717, 1.165) is 0 Å². The fourth-order valence-electron chi connectivity index (χ4n) is 1.17. The van der Waals surface area contributed by atoms with Gasteiger partial charge in [0.1, 0.15) is 0 Å². The van der Waals surface area contributed by atoms with Crippen LogP contribution >= 0.6 is 0 Å². The van der Waals surface area contributed by atoms with Gasteiger partial charge in [-0.3, -0.25) is 9.59 Å². The molecular formula is C8H5NO2. The van der Waals surface area contributed by atoms with Crippen LogP contribution in [0.2, 0.25) is 0 Å². The van der Waals surface area contributed by atoms with Gasteiger partial charge in [-0.05, 0) is 6.08 Å². The Morgan fingerprint density at radius 2 is 2.09 bits per heavy atom. The van der Waals surface area contributed by atoms with Gasteiger partial charge < -0.3 is 0 Å². The molecule has 1 atom stereocenters. The van der Waals surface area contributed by atoms with Crippen LogP contribution in [-0.2, 0) is 9.59 Å². The lowest BCUT2D eigenvalue weighted by molar-refractivity contribution is -0.135. The van der Waals surface area contributed by atoms with E-state index in [1.54, 1.807) is 24.3 Å². The maximum absolute atomic E-state index is 11.0. The number of carbonyl (C=O) groups excluding carboxylic acids is 2. The SMILES string of the molecule is O=C1N=C2C=CC=CC2C1=O. The second kappa shape index (κ2) is 1.99. The molecule has 54 valence electrons. The molecule has 0 N–H and O–H groups in total. The van der Waals surface area contributed by atoms with Crippen LogP contribution in [0.15, 0.2) is 29.3 Å². The van der Waals surface area contributed by atoms with E-state index in [9.17, 15) is 9.59 Å². The van der Waals surface area contributed by atoms with E-state index in [4.69, 9.17) is 0 Å². The van der Waals surface area contributed by atoms with Crippen molar-refractivity contribution in [1.29, 1.82) is 0 Å². The molecule has 2 aliphatic rings. The number of rotatable bonds is 0. The number of hydrogen-bond acceptors (Lipinski definition) is 2. The van der Waals surface area contributed by atoms with Crippen molar-refractivity contribution in [2.45, 2.75) is 0 Å². The predicted octanol–water partition coefficient (Wildman–Crippen LogP) is 0.279. The van der Waals surface area contributed by atoms with Crippen molar-refractivity contribution in [3.05, 3.63) is 24.3 Å². The van der Waals surface area contributed by atoms with Crippen LogP contribution in [0.4, 0.5) is 0 Å². The molecule has 1 heterocycles. The summed E-state index contributed by atoms with van der Waals surface area (Å²) in [6.07, 6.45) is 6.89. The first kappa shape index (κ1) is 6.22. The van der Waals surface area contributed by atoms with Gasteiger partial charge in [-0.1, -0.05) is 18.2 Å². The van der Waals surface area contributed by atoms with Gasteiger partial charge in [-0.25, -0.2) is 4.99 Å². The lowest BCUT2D eigenvalue weighted by Crippen LogP contribution is -2.18. The lowest BCUT2D eigenvalue weighted by atomic mass is 9.97. The van der Waals surface area contributed by atoms with Gasteiger partial charge in [0.2, 0.25) is 5.78 Å². The Balaban J connectivity index is 2.47. The highest BCUT2D eigenvalue weighted by Gasteiger charge is 2.33. The van der Waals surface area contributed by atoms with Crippen molar-refractivity contribution in [1.82, 2.24) is 0 Å². The summed E-state index contributed by atoms with van der Waals surface area (Å²) in [6.45, 7) is 0. The summed E-state index contributed by atoms with van der Waals surface area (Å²) in [5.74, 6) is -1.44. The molecule has 2 rings (SSSR count). The highest BCUT2D eigenvalue weighted by molar-refractivity contribution is 6.49. The van der Waals surface area contributed by atoms with Gasteiger partial charge in [-0.15, -0.1) is 0 Å². The summed E-state index contributed by atoms with van der Waals surface area (Å²) in [5.41, 5.74) is 0.572. The fourth-order valence-corrected chi connectivity index (χ4v) is 1.17. The van der Waals surface area contributed by atoms with Crippen LogP contribution in [-0.4, -0.2) is 17.4 Å². The fraction of sp³-hybridized carbons (Fsp3) is 0.125. The Kier molecular flexibility index (Phi) is 1.12. The first-order chi connectivity index (χ1) is 5.29. The van der Waals surface area contributed by atoms with Gasteiger partial charge in [-0.2, -0.15) is 0 Å². The van der Waals surface area contributed by atoms with Crippen molar-refractivity contribution >= 4 is 17.4 Å². The van der Waals surface area contributed by atoms with Crippen molar-refractivity contribution in [3.63, 3.8) is 0 Å². The largest absolute Gasteiger partial charge is 0.314 e. The number of aliphatic imine (C=N–C) groups is 1. The zero-order valence-corrected chi connectivity index (χ0v) is 5.65. The van der Waals surface area contributed by atoms with Crippen LogP contribution < -0.4 is 0 Å². The molecule has 0 fully saturated rings. The van der Waals surface area contributed by atoms with E-state index in [2.05, 4.69) is 4.99 Å². The minimum atomic E-state index is -0.624. The molecule has 1 unspecified atom stereocenters. The third-order valence-corrected chi connectivity index (χ3v) is 1.72. The Bertz CT molecular complexity index is 323. The summed E-state index contributed by atoms with van der Waals surface area (Å²) >= 11 is 0. The predicted molar refractivity (Wildman–Crippen MR) is 39.2 cm³/mol. The topological polar surface area (TPSA) is 46.5 Å². The van der Waals surface area contributed by atoms with Gasteiger partial charge in [0.25, 0.3) is 0 Å². The summed E-state index contributed by atoms with van der Waals surface area (Å²) in [7, 11) is 0. The van der Waals surface area contributed by atoms with Crippen LogP contribution in [0.25, 0.3) is 0 Å². The van der Waals surface area contributed by atoms with Crippen molar-refractivity contribution in [2.24, 2.45) is 10.9 Å². The molecule has 0 saturated heterocycles. The molecule has 1 aliphatic heterocycles. The molecule has 3 nitrogen and oxygen atoms in total. The summed E-state index contributed by atoms with van der Waals surface area (Å²) < 4.78 is 0. The summed E-state index contributed by atoms with van der Waals surface area (Å²) in [6, 6.07) is 0. The number of nitrogens with zero attached hydrogens (tertiary/aromatic N) is 1. The average Bonchev–Trinajstić information content (AvgIpc) is 2.30. The summed E-state index contributed by atoms with van der Waals surface area (Å²) in [5, 5.41) is 0. The van der Waals surface area contributed by atoms with E-state index < -0.39 is 17.6 Å². The number of hydrogen-bond donors (Lipinski definition) is 0. The van der Waals surface area contributed by atoms with Crippen molar-refractivity contribution in [2.75, 3.05) is 0 Å². The Morgan fingerprint density at radius 3 is 2.82 bits per heavy atom. The molecule has 0 saturated carbocycles. The maximum atomic E-state index is 11.0. The van der Waals surface area contributed by atoms with E-state index in [1.165, 1.54) is 0 Å². The second-order valence-corrected chi connectivity index (χ2v) is 2.43. The van der Waals surface area contributed by atoms with Gasteiger partial charge in [0.05, 0.1) is 11.6 Å². The number of carbonyl (C=O) groups is 2. The van der Waals surface area contributed by atoms with Crippen LogP contribution in [0.3, 0.4) is 0 Å². The Hall–Kier alpha value is -1.51. The number of ketones is 1. The maximum Gasteiger partial charge on any atom is 0.314 e. The third kappa shape index (κ3) is 0.774. The highest BCUT2D eigenvalue weighted by atomic mass is 16.2. The van der Waals surface area contributed by atoms with Gasteiger partial charge in [0.15, 0.2) is 0 Å². The second-order valence-electron chi connectivity index (χ2n) is 2.43. The molecule has 11 heavy (non-hydrogen) atoms. The minimum absolute atomic E-state index is 0.396. The monoisotopic (exact) mass is 147 g/mol. The number of fused-ring (bicyclic) bond motifs is 1. The van der Waals surface area contributed by atoms with E-state index >= 15 is 0 Å². The number of allylic oxidation sites excluding steroid dienone is 4. The quantitative estimate of drug-likeness (QED) is 0.462. The first-order valence-corrected chi connectivity index (χ1v) is 3.30. The molecule has 0 aromatic heterocycles. The van der Waals surface area contributed by atoms with E-state index in [-0.39, 0.29) is 0 Å². The van der Waals surface area contributed by atoms with Crippen LogP contribution in [0.5, 0.6) is 0 Å². The van der Waals surface area contributed by atoms with Gasteiger partial charge in [0, 0.05) is 0 Å². The Morgan fingerprint density at radius 1 is 1.27 bits per heavy atom. The number of amides is 1. The molecule has 0 radical (unpaired) electrons. The lowest BCUT2D eigenvalue weighted by Gasteiger charge is -2.03. The normalized spacial score (nSPS) is 27.3. The number of Topliss-reactive ketones (excluding diaryl/α,β-unsaturated/α-hetero) is 1. The molecule has 1 amide bonds. The molecule has 0 bridgehead atoms. The van der Waals surface area contributed by atoms with Crippen molar-refractivity contribution < 1.29 is 9.59 Å². The molecule has 0 aromatic rings. The third-order valence-electron chi connectivity index (χ3n) is 1.72. The molecule has 3 heteroatoms. The first-order valence-electron chi connectivity index (χ1n) is 3.30. The van der Waals surface area contributed by atoms with Crippen LogP contribution in [0.1, 0.15) is 0 Å². The smallest absolute Gasteiger partial charge is 0.287 e. The zero-order chi connectivity index (χ0) is 7.84. The molecular weight excluding hydrogens is 142 g/mol. The van der Waals surface area contributed by atoms with E-state index in [1.807, 2.05) is 0 Å². The highest BCUT2D eigenvalue weighted by Crippen LogP contribution is 2.17. The minimum Gasteiger partial charge on any atom is -0.287 e. The summed E-state index contributed by atoms with van der Waals surface area (Å²) in [4.78, 5) is 25.3.